The van der Waals surface area contributed by atoms with Gasteiger partial charge in [-0.1, -0.05) is 0 Å². The second-order valence-corrected chi connectivity index (χ2v) is 7.95. The van der Waals surface area contributed by atoms with E-state index in [0.29, 0.717) is 42.4 Å². The number of imidazole rings is 1. The van der Waals surface area contributed by atoms with E-state index in [1.54, 1.807) is 35.6 Å². The topological polar surface area (TPSA) is 76.5 Å². The van der Waals surface area contributed by atoms with Crippen LogP contribution in [0.15, 0.2) is 35.5 Å². The van der Waals surface area contributed by atoms with Crippen molar-refractivity contribution in [3.63, 3.8) is 0 Å². The maximum Gasteiger partial charge on any atom is 0.244 e. The number of nitrogens with zero attached hydrogens (tertiary/aromatic N) is 3. The highest BCUT2D eigenvalue weighted by Gasteiger charge is 2.37. The van der Waals surface area contributed by atoms with Crippen molar-refractivity contribution < 1.29 is 13.2 Å². The van der Waals surface area contributed by atoms with Crippen molar-refractivity contribution in [3.8, 4) is 5.75 Å². The fourth-order valence-electron chi connectivity index (χ4n) is 3.19. The highest BCUT2D eigenvalue weighted by atomic mass is 32.2. The van der Waals surface area contributed by atoms with Gasteiger partial charge in [0.25, 0.3) is 0 Å². The molecule has 1 aromatic carbocycles. The van der Waals surface area contributed by atoms with Crippen LogP contribution in [0.2, 0.25) is 0 Å². The smallest absolute Gasteiger partial charge is 0.244 e. The monoisotopic (exact) mass is 364 g/mol. The third-order valence-corrected chi connectivity index (χ3v) is 6.46. The van der Waals surface area contributed by atoms with Crippen LogP contribution in [0, 0.1) is 6.92 Å². The maximum absolute atomic E-state index is 13.3. The second kappa shape index (κ2) is 7.15. The lowest BCUT2D eigenvalue weighted by atomic mass is 10.2. The number of benzene rings is 1. The number of hydrogen-bond acceptors (Lipinski definition) is 5. The number of rotatable bonds is 5. The van der Waals surface area contributed by atoms with Crippen molar-refractivity contribution in [2.75, 3.05) is 26.2 Å². The molecule has 0 bridgehead atoms. The Morgan fingerprint density at radius 2 is 2.20 bits per heavy atom. The van der Waals surface area contributed by atoms with E-state index >= 15 is 0 Å². The summed E-state index contributed by atoms with van der Waals surface area (Å²) >= 11 is 0. The van der Waals surface area contributed by atoms with E-state index in [1.807, 2.05) is 24.7 Å². The number of piperazine rings is 1. The van der Waals surface area contributed by atoms with Crippen molar-refractivity contribution in [1.82, 2.24) is 19.2 Å². The van der Waals surface area contributed by atoms with Gasteiger partial charge in [0, 0.05) is 39.1 Å². The van der Waals surface area contributed by atoms with E-state index in [4.69, 9.17) is 4.74 Å². The van der Waals surface area contributed by atoms with Crippen molar-refractivity contribution in [1.29, 1.82) is 0 Å². The van der Waals surface area contributed by atoms with Crippen molar-refractivity contribution in [3.05, 3.63) is 42.0 Å². The number of aryl methyl sites for hydroxylation is 2. The zero-order valence-electron chi connectivity index (χ0n) is 14.8. The molecule has 1 saturated heterocycles. The molecule has 0 amide bonds. The fourth-order valence-corrected chi connectivity index (χ4v) is 4.98. The molecule has 1 atom stereocenters. The van der Waals surface area contributed by atoms with E-state index in [2.05, 4.69) is 10.3 Å². The molecule has 1 fully saturated rings. The second-order valence-electron chi connectivity index (χ2n) is 6.09. The van der Waals surface area contributed by atoms with E-state index < -0.39 is 10.0 Å². The molecule has 25 heavy (non-hydrogen) atoms. The highest BCUT2D eigenvalue weighted by Crippen LogP contribution is 2.30. The lowest BCUT2D eigenvalue weighted by molar-refractivity contribution is 0.258. The van der Waals surface area contributed by atoms with Gasteiger partial charge in [-0.05, 0) is 37.6 Å². The Kier molecular flexibility index (Phi) is 5.12. The summed E-state index contributed by atoms with van der Waals surface area (Å²) in [4.78, 5) is 4.67. The zero-order chi connectivity index (χ0) is 18.0. The van der Waals surface area contributed by atoms with Crippen LogP contribution in [-0.2, 0) is 17.1 Å². The minimum Gasteiger partial charge on any atom is -0.494 e. The molecule has 0 saturated carbocycles. The van der Waals surface area contributed by atoms with Crippen LogP contribution in [0.1, 0.15) is 24.4 Å². The predicted molar refractivity (Wildman–Crippen MR) is 95.1 cm³/mol. The molecule has 0 spiro atoms. The molecule has 1 aromatic heterocycles. The molecule has 136 valence electrons. The quantitative estimate of drug-likeness (QED) is 0.869. The van der Waals surface area contributed by atoms with Gasteiger partial charge in [0.15, 0.2) is 0 Å². The van der Waals surface area contributed by atoms with Gasteiger partial charge < -0.3 is 14.6 Å². The van der Waals surface area contributed by atoms with Crippen LogP contribution < -0.4 is 10.1 Å². The van der Waals surface area contributed by atoms with Gasteiger partial charge in [-0.3, -0.25) is 0 Å². The van der Waals surface area contributed by atoms with E-state index in [9.17, 15) is 8.42 Å². The van der Waals surface area contributed by atoms with Gasteiger partial charge in [-0.15, -0.1) is 0 Å². The molecule has 8 heteroatoms. The largest absolute Gasteiger partial charge is 0.494 e. The Morgan fingerprint density at radius 3 is 2.84 bits per heavy atom. The van der Waals surface area contributed by atoms with Gasteiger partial charge in [-0.25, -0.2) is 13.4 Å². The summed E-state index contributed by atoms with van der Waals surface area (Å²) in [6.07, 6.45) is 3.52. The summed E-state index contributed by atoms with van der Waals surface area (Å²) in [5.74, 6) is 1.42. The Morgan fingerprint density at radius 1 is 1.40 bits per heavy atom. The van der Waals surface area contributed by atoms with Crippen LogP contribution >= 0.6 is 0 Å². The van der Waals surface area contributed by atoms with Crippen LogP contribution in [0.5, 0.6) is 5.75 Å². The van der Waals surface area contributed by atoms with Gasteiger partial charge in [0.1, 0.15) is 11.6 Å². The summed E-state index contributed by atoms with van der Waals surface area (Å²) in [6, 6.07) is 4.79. The molecule has 7 nitrogen and oxygen atoms in total. The lowest BCUT2D eigenvalue weighted by Crippen LogP contribution is -2.49. The Balaban J connectivity index is 1.98. The van der Waals surface area contributed by atoms with E-state index in [-0.39, 0.29) is 6.04 Å². The first-order valence-electron chi connectivity index (χ1n) is 8.38. The van der Waals surface area contributed by atoms with Crippen molar-refractivity contribution in [2.45, 2.75) is 24.8 Å². The minimum absolute atomic E-state index is 0.317. The predicted octanol–water partition coefficient (Wildman–Crippen LogP) is 1.46. The Hall–Kier alpha value is -1.90. The first-order chi connectivity index (χ1) is 11.9. The van der Waals surface area contributed by atoms with Crippen molar-refractivity contribution >= 4 is 10.0 Å². The van der Waals surface area contributed by atoms with Gasteiger partial charge in [0.05, 0.1) is 17.5 Å². The fraction of sp³-hybridized carbons (Fsp3) is 0.471. The first-order valence-corrected chi connectivity index (χ1v) is 9.82. The third kappa shape index (κ3) is 3.42. The van der Waals surface area contributed by atoms with Crippen LogP contribution in [0.25, 0.3) is 0 Å². The Labute approximate surface area is 148 Å². The van der Waals surface area contributed by atoms with E-state index in [1.165, 1.54) is 0 Å². The van der Waals surface area contributed by atoms with Crippen LogP contribution in [-0.4, -0.2) is 48.5 Å². The number of sulfonamides is 1. The summed E-state index contributed by atoms with van der Waals surface area (Å²) in [6.45, 7) is 5.82. The molecular weight excluding hydrogens is 340 g/mol. The SMILES string of the molecule is CCOc1ccc(S(=O)(=O)N2CCNCC2c2nccn2C)c(C)c1. The summed E-state index contributed by atoms with van der Waals surface area (Å²) in [5, 5.41) is 3.26. The van der Waals surface area contributed by atoms with Crippen molar-refractivity contribution in [2.24, 2.45) is 7.05 Å². The van der Waals surface area contributed by atoms with Crippen LogP contribution in [0.3, 0.4) is 0 Å². The lowest BCUT2D eigenvalue weighted by Gasteiger charge is -2.35. The average Bonchev–Trinajstić information content (AvgIpc) is 3.01. The number of nitrogens with one attached hydrogen (secondary N) is 1. The molecular formula is C17H24N4O3S. The average molecular weight is 364 g/mol. The molecule has 1 N–H and O–H groups in total. The standard InChI is InChI=1S/C17H24N4O3S/c1-4-24-14-5-6-16(13(2)11-14)25(22,23)21-10-7-18-12-15(21)17-19-8-9-20(17)3/h5-6,8-9,11,15,18H,4,7,10,12H2,1-3H3. The minimum atomic E-state index is -3.63. The molecule has 2 aromatic rings. The summed E-state index contributed by atoms with van der Waals surface area (Å²) in [5.41, 5.74) is 0.683. The molecule has 1 aliphatic rings. The zero-order valence-corrected chi connectivity index (χ0v) is 15.6. The molecule has 1 unspecified atom stereocenters. The molecule has 1 aliphatic heterocycles. The molecule has 2 heterocycles. The normalized spacial score (nSPS) is 19.1. The summed E-state index contributed by atoms with van der Waals surface area (Å²) < 4.78 is 35.5. The number of hydrogen-bond donors (Lipinski definition) is 1. The molecule has 0 radical (unpaired) electrons. The van der Waals surface area contributed by atoms with Gasteiger partial charge in [0.2, 0.25) is 10.0 Å². The Bertz CT molecular complexity index is 847. The van der Waals surface area contributed by atoms with Gasteiger partial charge in [-0.2, -0.15) is 4.31 Å². The maximum atomic E-state index is 13.3. The highest BCUT2D eigenvalue weighted by molar-refractivity contribution is 7.89. The van der Waals surface area contributed by atoms with E-state index in [0.717, 1.165) is 5.82 Å². The number of aromatic nitrogens is 2. The number of ether oxygens (including phenoxy) is 1. The first kappa shape index (κ1) is 17.9. The summed E-state index contributed by atoms with van der Waals surface area (Å²) in [7, 11) is -1.75. The third-order valence-electron chi connectivity index (χ3n) is 4.39. The van der Waals surface area contributed by atoms with Crippen LogP contribution in [0.4, 0.5) is 0 Å². The van der Waals surface area contributed by atoms with Gasteiger partial charge >= 0.3 is 0 Å². The molecule has 0 aliphatic carbocycles. The molecule has 3 rings (SSSR count).